The van der Waals surface area contributed by atoms with Crippen molar-refractivity contribution in [3.63, 3.8) is 0 Å². The van der Waals surface area contributed by atoms with Crippen molar-refractivity contribution in [2.24, 2.45) is 0 Å². The van der Waals surface area contributed by atoms with Crippen LogP contribution in [-0.2, 0) is 33.3 Å². The Bertz CT molecular complexity index is 261. The molecule has 0 aromatic carbocycles. The highest BCUT2D eigenvalue weighted by Crippen LogP contribution is 2.03. The van der Waals surface area contributed by atoms with Gasteiger partial charge in [0, 0.05) is 0 Å². The van der Waals surface area contributed by atoms with Gasteiger partial charge >= 0.3 is 17.9 Å². The van der Waals surface area contributed by atoms with E-state index in [1.807, 2.05) is 0 Å². The molecule has 0 heterocycles. The summed E-state index contributed by atoms with van der Waals surface area (Å²) in [6, 6.07) is 0. The van der Waals surface area contributed by atoms with E-state index in [0.29, 0.717) is 0 Å². The standard InChI is InChI=1S/C9H14O7/c1-13-7(10)4-6(9(12)15-3)16-5-8(11)14-2/h6H,4-5H2,1-3H3/t6-/m1/s1. The van der Waals surface area contributed by atoms with Gasteiger partial charge in [-0.15, -0.1) is 0 Å². The number of ether oxygens (including phenoxy) is 4. The molecule has 0 radical (unpaired) electrons. The van der Waals surface area contributed by atoms with Gasteiger partial charge in [-0.2, -0.15) is 0 Å². The maximum Gasteiger partial charge on any atom is 0.335 e. The van der Waals surface area contributed by atoms with Crippen molar-refractivity contribution in [1.29, 1.82) is 0 Å². The van der Waals surface area contributed by atoms with E-state index < -0.39 is 30.6 Å². The van der Waals surface area contributed by atoms with Crippen LogP contribution >= 0.6 is 0 Å². The molecule has 7 nitrogen and oxygen atoms in total. The molecule has 0 saturated carbocycles. The summed E-state index contributed by atoms with van der Waals surface area (Å²) in [5.41, 5.74) is 0. The highest BCUT2D eigenvalue weighted by molar-refractivity contribution is 5.82. The molecule has 0 aliphatic carbocycles. The Labute approximate surface area is 92.6 Å². The summed E-state index contributed by atoms with van der Waals surface area (Å²) in [4.78, 5) is 32.9. The Morgan fingerprint density at radius 1 is 0.938 bits per heavy atom. The highest BCUT2D eigenvalue weighted by Gasteiger charge is 2.25. The molecule has 0 spiro atoms. The predicted octanol–water partition coefficient (Wildman–Crippen LogP) is -0.719. The average molecular weight is 234 g/mol. The van der Waals surface area contributed by atoms with Crippen molar-refractivity contribution < 1.29 is 33.3 Å². The van der Waals surface area contributed by atoms with E-state index in [9.17, 15) is 14.4 Å². The third kappa shape index (κ3) is 5.30. The van der Waals surface area contributed by atoms with Crippen molar-refractivity contribution in [2.75, 3.05) is 27.9 Å². The van der Waals surface area contributed by atoms with E-state index in [-0.39, 0.29) is 6.42 Å². The van der Waals surface area contributed by atoms with Gasteiger partial charge in [-0.1, -0.05) is 0 Å². The fourth-order valence-electron chi connectivity index (χ4n) is 0.804. The van der Waals surface area contributed by atoms with E-state index in [2.05, 4.69) is 14.2 Å². The largest absolute Gasteiger partial charge is 0.469 e. The SMILES string of the molecule is COC(=O)CO[C@H](CC(=O)OC)C(=O)OC. The van der Waals surface area contributed by atoms with Crippen LogP contribution in [0.3, 0.4) is 0 Å². The van der Waals surface area contributed by atoms with E-state index in [1.165, 1.54) is 14.2 Å². The molecule has 0 aliphatic rings. The first-order valence-corrected chi connectivity index (χ1v) is 4.38. The highest BCUT2D eigenvalue weighted by atomic mass is 16.6. The lowest BCUT2D eigenvalue weighted by Gasteiger charge is -2.13. The van der Waals surface area contributed by atoms with Crippen molar-refractivity contribution in [3.8, 4) is 0 Å². The molecule has 1 atom stereocenters. The summed E-state index contributed by atoms with van der Waals surface area (Å²) in [6.45, 7) is -0.437. The molecule has 92 valence electrons. The first kappa shape index (κ1) is 14.4. The zero-order valence-electron chi connectivity index (χ0n) is 9.35. The summed E-state index contributed by atoms with van der Waals surface area (Å²) in [5, 5.41) is 0. The molecule has 0 saturated heterocycles. The van der Waals surface area contributed by atoms with Crippen LogP contribution in [-0.4, -0.2) is 51.9 Å². The predicted molar refractivity (Wildman–Crippen MR) is 50.4 cm³/mol. The molecule has 0 N–H and O–H groups in total. The monoisotopic (exact) mass is 234 g/mol. The van der Waals surface area contributed by atoms with Crippen LogP contribution in [0.25, 0.3) is 0 Å². The molecule has 0 unspecified atom stereocenters. The van der Waals surface area contributed by atoms with Crippen molar-refractivity contribution in [2.45, 2.75) is 12.5 Å². The van der Waals surface area contributed by atoms with E-state index >= 15 is 0 Å². The van der Waals surface area contributed by atoms with E-state index in [0.717, 1.165) is 7.11 Å². The number of carbonyl (C=O) groups is 3. The summed E-state index contributed by atoms with van der Waals surface area (Å²) in [5.74, 6) is -2.05. The molecule has 0 bridgehead atoms. The molecule has 0 aromatic heterocycles. The molecule has 0 fully saturated rings. The summed E-state index contributed by atoms with van der Waals surface area (Å²) in [7, 11) is 3.50. The Hall–Kier alpha value is -1.63. The Morgan fingerprint density at radius 2 is 1.50 bits per heavy atom. The molecule has 0 aliphatic heterocycles. The fourth-order valence-corrected chi connectivity index (χ4v) is 0.804. The van der Waals surface area contributed by atoms with E-state index in [4.69, 9.17) is 4.74 Å². The first-order chi connectivity index (χ1) is 7.54. The number of hydrogen-bond donors (Lipinski definition) is 0. The van der Waals surface area contributed by atoms with Crippen LogP contribution < -0.4 is 0 Å². The number of esters is 3. The molecule has 0 amide bonds. The number of methoxy groups -OCH3 is 3. The molecule has 0 aromatic rings. The zero-order valence-corrected chi connectivity index (χ0v) is 9.35. The topological polar surface area (TPSA) is 88.1 Å². The normalized spacial score (nSPS) is 11.4. The van der Waals surface area contributed by atoms with Crippen LogP contribution in [0.15, 0.2) is 0 Å². The lowest BCUT2D eigenvalue weighted by molar-refractivity contribution is -0.165. The average Bonchev–Trinajstić information content (AvgIpc) is 2.32. The zero-order chi connectivity index (χ0) is 12.6. The minimum Gasteiger partial charge on any atom is -0.469 e. The van der Waals surface area contributed by atoms with Gasteiger partial charge in [0.25, 0.3) is 0 Å². The second-order valence-electron chi connectivity index (χ2n) is 2.68. The second-order valence-corrected chi connectivity index (χ2v) is 2.68. The van der Waals surface area contributed by atoms with Crippen LogP contribution in [0.1, 0.15) is 6.42 Å². The lowest BCUT2D eigenvalue weighted by atomic mass is 10.2. The Morgan fingerprint density at radius 3 is 1.94 bits per heavy atom. The first-order valence-electron chi connectivity index (χ1n) is 4.38. The van der Waals surface area contributed by atoms with Gasteiger partial charge in [0.05, 0.1) is 27.8 Å². The number of carbonyl (C=O) groups excluding carboxylic acids is 3. The van der Waals surface area contributed by atoms with E-state index in [1.54, 1.807) is 0 Å². The fraction of sp³-hybridized carbons (Fsp3) is 0.667. The van der Waals surface area contributed by atoms with Gasteiger partial charge in [-0.25, -0.2) is 9.59 Å². The summed E-state index contributed by atoms with van der Waals surface area (Å²) >= 11 is 0. The van der Waals surface area contributed by atoms with Crippen molar-refractivity contribution in [3.05, 3.63) is 0 Å². The smallest absolute Gasteiger partial charge is 0.335 e. The third-order valence-electron chi connectivity index (χ3n) is 1.67. The Kier molecular flexibility index (Phi) is 6.86. The summed E-state index contributed by atoms with van der Waals surface area (Å²) in [6.07, 6.45) is -1.49. The number of rotatable bonds is 6. The minimum absolute atomic E-state index is 0.319. The van der Waals surface area contributed by atoms with Crippen LogP contribution in [0.2, 0.25) is 0 Å². The molecule has 16 heavy (non-hydrogen) atoms. The van der Waals surface area contributed by atoms with Crippen LogP contribution in [0.4, 0.5) is 0 Å². The van der Waals surface area contributed by atoms with Gasteiger partial charge in [0.1, 0.15) is 6.61 Å². The second kappa shape index (κ2) is 7.63. The molecule has 7 heteroatoms. The van der Waals surface area contributed by atoms with Gasteiger partial charge < -0.3 is 18.9 Å². The van der Waals surface area contributed by atoms with Gasteiger partial charge in [-0.3, -0.25) is 4.79 Å². The minimum atomic E-state index is -1.17. The molecular formula is C9H14O7. The van der Waals surface area contributed by atoms with Gasteiger partial charge in [0.2, 0.25) is 0 Å². The molecule has 0 rings (SSSR count). The maximum absolute atomic E-state index is 11.2. The number of hydrogen-bond acceptors (Lipinski definition) is 7. The van der Waals surface area contributed by atoms with Crippen molar-refractivity contribution in [1.82, 2.24) is 0 Å². The van der Waals surface area contributed by atoms with Gasteiger partial charge in [0.15, 0.2) is 6.10 Å². The Balaban J connectivity index is 4.26. The van der Waals surface area contributed by atoms with Crippen molar-refractivity contribution >= 4 is 17.9 Å². The lowest BCUT2D eigenvalue weighted by Crippen LogP contribution is -2.31. The third-order valence-corrected chi connectivity index (χ3v) is 1.67. The summed E-state index contributed by atoms with van der Waals surface area (Å²) < 4.78 is 17.9. The van der Waals surface area contributed by atoms with Crippen LogP contribution in [0, 0.1) is 0 Å². The van der Waals surface area contributed by atoms with Crippen LogP contribution in [0.5, 0.6) is 0 Å². The van der Waals surface area contributed by atoms with Gasteiger partial charge in [-0.05, 0) is 0 Å². The molecular weight excluding hydrogens is 220 g/mol. The quantitative estimate of drug-likeness (QED) is 0.442. The maximum atomic E-state index is 11.2.